The van der Waals surface area contributed by atoms with Crippen molar-refractivity contribution in [2.75, 3.05) is 18.8 Å². The number of carbonyl (C=O) groups excluding carboxylic acids is 2. The minimum atomic E-state index is -0.580. The van der Waals surface area contributed by atoms with Gasteiger partial charge in [0.05, 0.1) is 5.75 Å². The van der Waals surface area contributed by atoms with Crippen LogP contribution in [0.5, 0.6) is 0 Å². The van der Waals surface area contributed by atoms with Gasteiger partial charge in [-0.2, -0.15) is 0 Å². The molecule has 2 amide bonds. The number of likely N-dealkylation sites (N-methyl/N-ethyl adjacent to an activating group) is 1. The molecule has 0 saturated carbocycles. The van der Waals surface area contributed by atoms with Gasteiger partial charge in [0.2, 0.25) is 11.8 Å². The van der Waals surface area contributed by atoms with Gasteiger partial charge < -0.3 is 10.2 Å². The van der Waals surface area contributed by atoms with Gasteiger partial charge in [-0.05, 0) is 38.0 Å². The highest BCUT2D eigenvalue weighted by atomic mass is 35.5. The van der Waals surface area contributed by atoms with E-state index in [9.17, 15) is 14.0 Å². The largest absolute Gasteiger partial charge is 0.355 e. The Labute approximate surface area is 180 Å². The van der Waals surface area contributed by atoms with Crippen LogP contribution in [0, 0.1) is 5.82 Å². The predicted octanol–water partition coefficient (Wildman–Crippen LogP) is 4.31. The number of thioether (sulfide) groups is 1. The topological polar surface area (TPSA) is 49.4 Å². The van der Waals surface area contributed by atoms with Gasteiger partial charge in [0, 0.05) is 29.4 Å². The Morgan fingerprint density at radius 3 is 2.55 bits per heavy atom. The second-order valence-corrected chi connectivity index (χ2v) is 7.98. The van der Waals surface area contributed by atoms with E-state index in [4.69, 9.17) is 11.6 Å². The summed E-state index contributed by atoms with van der Waals surface area (Å²) in [6, 6.07) is 13.8. The molecule has 4 nitrogen and oxygen atoms in total. The second-order valence-electron chi connectivity index (χ2n) is 6.59. The van der Waals surface area contributed by atoms with E-state index in [1.54, 1.807) is 24.0 Å². The molecule has 0 aliphatic rings. The first-order valence-electron chi connectivity index (χ1n) is 9.55. The smallest absolute Gasteiger partial charge is 0.242 e. The van der Waals surface area contributed by atoms with Crippen molar-refractivity contribution >= 4 is 35.2 Å². The SMILES string of the molecule is CCNC(=O)[C@@H](C)N(CCc1ccccc1)C(=O)CSCc1c(F)cccc1Cl. The highest BCUT2D eigenvalue weighted by molar-refractivity contribution is 7.99. The fourth-order valence-corrected chi connectivity index (χ4v) is 4.13. The summed E-state index contributed by atoms with van der Waals surface area (Å²) >= 11 is 7.34. The first-order chi connectivity index (χ1) is 13.9. The van der Waals surface area contributed by atoms with E-state index in [0.29, 0.717) is 35.8 Å². The van der Waals surface area contributed by atoms with Gasteiger partial charge in [-0.1, -0.05) is 48.0 Å². The molecular weight excluding hydrogens is 411 g/mol. The maximum Gasteiger partial charge on any atom is 0.242 e. The Morgan fingerprint density at radius 2 is 1.90 bits per heavy atom. The van der Waals surface area contributed by atoms with Crippen LogP contribution in [0.1, 0.15) is 25.0 Å². The highest BCUT2D eigenvalue weighted by Crippen LogP contribution is 2.24. The van der Waals surface area contributed by atoms with E-state index in [-0.39, 0.29) is 23.4 Å². The van der Waals surface area contributed by atoms with Crippen LogP contribution in [0.25, 0.3) is 0 Å². The van der Waals surface area contributed by atoms with Gasteiger partial charge >= 0.3 is 0 Å². The van der Waals surface area contributed by atoms with E-state index in [2.05, 4.69) is 5.32 Å². The average Bonchev–Trinajstić information content (AvgIpc) is 2.71. The zero-order valence-electron chi connectivity index (χ0n) is 16.7. The second kappa shape index (κ2) is 11.8. The highest BCUT2D eigenvalue weighted by Gasteiger charge is 2.25. The Bertz CT molecular complexity index is 799. The Hall–Kier alpha value is -2.05. The maximum atomic E-state index is 13.9. The van der Waals surface area contributed by atoms with Crippen molar-refractivity contribution in [2.45, 2.75) is 32.1 Å². The lowest BCUT2D eigenvalue weighted by Gasteiger charge is -2.28. The molecule has 0 unspecified atom stereocenters. The van der Waals surface area contributed by atoms with Crippen molar-refractivity contribution < 1.29 is 14.0 Å². The summed E-state index contributed by atoms with van der Waals surface area (Å²) < 4.78 is 13.9. The molecule has 2 rings (SSSR count). The summed E-state index contributed by atoms with van der Waals surface area (Å²) in [6.07, 6.45) is 0.653. The summed E-state index contributed by atoms with van der Waals surface area (Å²) in [5.41, 5.74) is 1.48. The molecule has 7 heteroatoms. The normalized spacial score (nSPS) is 11.7. The number of benzene rings is 2. The minimum Gasteiger partial charge on any atom is -0.355 e. The molecule has 0 fully saturated rings. The van der Waals surface area contributed by atoms with E-state index in [0.717, 1.165) is 5.56 Å². The van der Waals surface area contributed by atoms with Gasteiger partial charge in [-0.3, -0.25) is 9.59 Å². The predicted molar refractivity (Wildman–Crippen MR) is 118 cm³/mol. The number of hydrogen-bond acceptors (Lipinski definition) is 3. The zero-order chi connectivity index (χ0) is 21.2. The molecule has 156 valence electrons. The molecule has 0 heterocycles. The molecule has 0 aromatic heterocycles. The number of carbonyl (C=O) groups is 2. The summed E-state index contributed by atoms with van der Waals surface area (Å²) in [7, 11) is 0. The Balaban J connectivity index is 2.01. The van der Waals surface area contributed by atoms with Gasteiger partial charge in [0.15, 0.2) is 0 Å². The number of halogens is 2. The number of nitrogens with one attached hydrogen (secondary N) is 1. The molecule has 0 aliphatic heterocycles. The standard InChI is InChI=1S/C22H26ClFN2O2S/c1-3-25-22(28)16(2)26(13-12-17-8-5-4-6-9-17)21(27)15-29-14-18-19(23)10-7-11-20(18)24/h4-11,16H,3,12-15H2,1-2H3,(H,25,28)/t16-/m1/s1. The van der Waals surface area contributed by atoms with Gasteiger partial charge in [0.1, 0.15) is 11.9 Å². The lowest BCUT2D eigenvalue weighted by atomic mass is 10.1. The Morgan fingerprint density at radius 1 is 1.17 bits per heavy atom. The summed E-state index contributed by atoms with van der Waals surface area (Å²) in [5.74, 6) is -0.287. The summed E-state index contributed by atoms with van der Waals surface area (Å²) in [4.78, 5) is 26.8. The van der Waals surface area contributed by atoms with Gasteiger partial charge in [-0.25, -0.2) is 4.39 Å². The van der Waals surface area contributed by atoms with E-state index < -0.39 is 6.04 Å². The Kier molecular flexibility index (Phi) is 9.48. The van der Waals surface area contributed by atoms with Gasteiger partial charge in [0.25, 0.3) is 0 Å². The van der Waals surface area contributed by atoms with Crippen LogP contribution in [0.4, 0.5) is 4.39 Å². The van der Waals surface area contributed by atoms with Crippen LogP contribution < -0.4 is 5.32 Å². The molecule has 0 radical (unpaired) electrons. The number of rotatable bonds is 10. The molecular formula is C22H26ClFN2O2S. The van der Waals surface area contributed by atoms with Crippen molar-refractivity contribution in [1.29, 1.82) is 0 Å². The molecule has 1 atom stereocenters. The number of hydrogen-bond donors (Lipinski definition) is 1. The van der Waals surface area contributed by atoms with Crippen molar-refractivity contribution in [2.24, 2.45) is 0 Å². The molecule has 0 aliphatic carbocycles. The molecule has 2 aromatic carbocycles. The third kappa shape index (κ3) is 7.05. The third-order valence-corrected chi connectivity index (χ3v) is 5.83. The number of nitrogens with zero attached hydrogens (tertiary/aromatic N) is 1. The minimum absolute atomic E-state index is 0.142. The van der Waals surface area contributed by atoms with E-state index >= 15 is 0 Å². The van der Waals surface area contributed by atoms with Crippen molar-refractivity contribution in [3.05, 3.63) is 70.5 Å². The molecule has 2 aromatic rings. The van der Waals surface area contributed by atoms with Crippen molar-refractivity contribution in [3.8, 4) is 0 Å². The van der Waals surface area contributed by atoms with Crippen molar-refractivity contribution in [1.82, 2.24) is 10.2 Å². The van der Waals surface area contributed by atoms with Crippen LogP contribution >= 0.6 is 23.4 Å². The molecule has 1 N–H and O–H groups in total. The van der Waals surface area contributed by atoms with Crippen LogP contribution in [-0.2, 0) is 21.8 Å². The molecule has 0 saturated heterocycles. The van der Waals surface area contributed by atoms with Crippen LogP contribution in [-0.4, -0.2) is 41.6 Å². The molecule has 29 heavy (non-hydrogen) atoms. The molecule has 0 bridgehead atoms. The number of amides is 2. The lowest BCUT2D eigenvalue weighted by molar-refractivity contribution is -0.137. The van der Waals surface area contributed by atoms with Crippen LogP contribution in [0.2, 0.25) is 5.02 Å². The maximum absolute atomic E-state index is 13.9. The van der Waals surface area contributed by atoms with E-state index in [1.165, 1.54) is 17.8 Å². The molecule has 0 spiro atoms. The fraction of sp³-hybridized carbons (Fsp3) is 0.364. The fourth-order valence-electron chi connectivity index (χ4n) is 2.89. The zero-order valence-corrected chi connectivity index (χ0v) is 18.2. The first-order valence-corrected chi connectivity index (χ1v) is 11.1. The summed E-state index contributed by atoms with van der Waals surface area (Å²) in [6.45, 7) is 4.51. The van der Waals surface area contributed by atoms with Crippen LogP contribution in [0.15, 0.2) is 48.5 Å². The monoisotopic (exact) mass is 436 g/mol. The van der Waals surface area contributed by atoms with Gasteiger partial charge in [-0.15, -0.1) is 11.8 Å². The summed E-state index contributed by atoms with van der Waals surface area (Å²) in [5, 5.41) is 3.12. The average molecular weight is 437 g/mol. The third-order valence-electron chi connectivity index (χ3n) is 4.54. The van der Waals surface area contributed by atoms with Crippen LogP contribution in [0.3, 0.4) is 0 Å². The van der Waals surface area contributed by atoms with Crippen molar-refractivity contribution in [3.63, 3.8) is 0 Å². The van der Waals surface area contributed by atoms with E-state index in [1.807, 2.05) is 37.3 Å². The first kappa shape index (κ1) is 23.2. The quantitative estimate of drug-likeness (QED) is 0.603. The lowest BCUT2D eigenvalue weighted by Crippen LogP contribution is -2.49.